The number of urea groups is 1. The first kappa shape index (κ1) is 16.2. The standard InChI is InChI=1S/C12H23ClN2O2/c1-9(2)5-4-6-10(3)14-12(17)15-11(16)7-8-13/h9-10H,4-8H2,1-3H3,(H2,14,15,16,17). The van der Waals surface area contributed by atoms with Gasteiger partial charge in [0.15, 0.2) is 0 Å². The van der Waals surface area contributed by atoms with Crippen molar-refractivity contribution in [3.63, 3.8) is 0 Å². The van der Waals surface area contributed by atoms with E-state index >= 15 is 0 Å². The molecule has 2 N–H and O–H groups in total. The molecule has 0 saturated carbocycles. The van der Waals surface area contributed by atoms with Crippen molar-refractivity contribution in [2.75, 3.05) is 5.88 Å². The van der Waals surface area contributed by atoms with E-state index in [2.05, 4.69) is 24.5 Å². The fraction of sp³-hybridized carbons (Fsp3) is 0.833. The molecule has 0 rings (SSSR count). The average Bonchev–Trinajstić information content (AvgIpc) is 2.16. The van der Waals surface area contributed by atoms with Crippen LogP contribution in [0.4, 0.5) is 4.79 Å². The van der Waals surface area contributed by atoms with Gasteiger partial charge < -0.3 is 5.32 Å². The molecule has 0 spiro atoms. The van der Waals surface area contributed by atoms with Crippen molar-refractivity contribution in [2.24, 2.45) is 5.92 Å². The first-order valence-corrected chi connectivity index (χ1v) is 6.65. The number of nitrogens with one attached hydrogen (secondary N) is 2. The zero-order valence-corrected chi connectivity index (χ0v) is 11.6. The molecule has 4 nitrogen and oxygen atoms in total. The first-order chi connectivity index (χ1) is 7.95. The molecular weight excluding hydrogens is 240 g/mol. The summed E-state index contributed by atoms with van der Waals surface area (Å²) in [6.45, 7) is 6.29. The topological polar surface area (TPSA) is 58.2 Å². The number of halogens is 1. The summed E-state index contributed by atoms with van der Waals surface area (Å²) in [6.07, 6.45) is 3.32. The van der Waals surface area contributed by atoms with Crippen molar-refractivity contribution in [3.8, 4) is 0 Å². The van der Waals surface area contributed by atoms with Gasteiger partial charge in [0.1, 0.15) is 0 Å². The number of amides is 3. The van der Waals surface area contributed by atoms with Crippen LogP contribution in [0.25, 0.3) is 0 Å². The van der Waals surface area contributed by atoms with Gasteiger partial charge in [0.05, 0.1) is 0 Å². The second-order valence-electron chi connectivity index (χ2n) is 4.69. The maximum absolute atomic E-state index is 11.3. The maximum atomic E-state index is 11.3. The Labute approximate surface area is 108 Å². The number of alkyl halides is 1. The van der Waals surface area contributed by atoms with Crippen molar-refractivity contribution < 1.29 is 9.59 Å². The van der Waals surface area contributed by atoms with Crippen molar-refractivity contribution in [3.05, 3.63) is 0 Å². The summed E-state index contributed by atoms with van der Waals surface area (Å²) in [6, 6.07) is -0.352. The molecule has 0 saturated heterocycles. The van der Waals surface area contributed by atoms with Crippen LogP contribution in [0.15, 0.2) is 0 Å². The Kier molecular flexibility index (Phi) is 8.86. The van der Waals surface area contributed by atoms with E-state index in [-0.39, 0.29) is 24.2 Å². The molecule has 0 aromatic carbocycles. The second kappa shape index (κ2) is 9.28. The Morgan fingerprint density at radius 2 is 1.82 bits per heavy atom. The molecule has 100 valence electrons. The van der Waals surface area contributed by atoms with Gasteiger partial charge >= 0.3 is 6.03 Å². The van der Waals surface area contributed by atoms with Crippen LogP contribution in [0.3, 0.4) is 0 Å². The number of rotatable bonds is 7. The molecular formula is C12H23ClN2O2. The first-order valence-electron chi connectivity index (χ1n) is 6.12. The maximum Gasteiger partial charge on any atom is 0.321 e. The van der Waals surface area contributed by atoms with E-state index in [1.165, 1.54) is 0 Å². The van der Waals surface area contributed by atoms with Gasteiger partial charge in [-0.2, -0.15) is 0 Å². The smallest absolute Gasteiger partial charge is 0.321 e. The van der Waals surface area contributed by atoms with Crippen molar-refractivity contribution in [1.29, 1.82) is 0 Å². The minimum absolute atomic E-state index is 0.0811. The van der Waals surface area contributed by atoms with Gasteiger partial charge in [0.2, 0.25) is 5.91 Å². The molecule has 17 heavy (non-hydrogen) atoms. The highest BCUT2D eigenvalue weighted by atomic mass is 35.5. The summed E-state index contributed by atoms with van der Waals surface area (Å²) >= 11 is 5.39. The Bertz CT molecular complexity index is 245. The van der Waals surface area contributed by atoms with Crippen LogP contribution in [0, 0.1) is 5.92 Å². The lowest BCUT2D eigenvalue weighted by molar-refractivity contribution is -0.119. The Morgan fingerprint density at radius 1 is 1.18 bits per heavy atom. The van der Waals surface area contributed by atoms with E-state index in [0.29, 0.717) is 5.92 Å². The predicted octanol–water partition coefficient (Wildman–Crippen LogP) is 2.66. The second-order valence-corrected chi connectivity index (χ2v) is 5.06. The Balaban J connectivity index is 3.69. The van der Waals surface area contributed by atoms with E-state index in [9.17, 15) is 9.59 Å². The van der Waals surface area contributed by atoms with Gasteiger partial charge in [-0.3, -0.25) is 10.1 Å². The minimum atomic E-state index is -0.433. The van der Waals surface area contributed by atoms with E-state index in [0.717, 1.165) is 19.3 Å². The molecule has 1 atom stereocenters. The molecule has 0 fully saturated rings. The third-order valence-corrected chi connectivity index (χ3v) is 2.56. The summed E-state index contributed by atoms with van der Waals surface area (Å²) in [5, 5.41) is 4.97. The number of hydrogen-bond acceptors (Lipinski definition) is 2. The van der Waals surface area contributed by atoms with Gasteiger partial charge in [-0.15, -0.1) is 11.6 Å². The predicted molar refractivity (Wildman–Crippen MR) is 70.2 cm³/mol. The lowest BCUT2D eigenvalue weighted by atomic mass is 10.0. The molecule has 0 aromatic heterocycles. The fourth-order valence-corrected chi connectivity index (χ4v) is 1.61. The number of hydrogen-bond donors (Lipinski definition) is 2. The van der Waals surface area contributed by atoms with Gasteiger partial charge in [-0.1, -0.05) is 26.7 Å². The number of imide groups is 1. The Hall–Kier alpha value is -0.770. The van der Waals surface area contributed by atoms with Gasteiger partial charge in [-0.25, -0.2) is 4.79 Å². The highest BCUT2D eigenvalue weighted by Gasteiger charge is 2.10. The summed E-state index contributed by atoms with van der Waals surface area (Å²) in [5.41, 5.74) is 0. The molecule has 0 aromatic rings. The van der Waals surface area contributed by atoms with Crippen LogP contribution in [0.5, 0.6) is 0 Å². The molecule has 0 heterocycles. The van der Waals surface area contributed by atoms with Gasteiger partial charge in [0.25, 0.3) is 0 Å². The van der Waals surface area contributed by atoms with Crippen molar-refractivity contribution >= 4 is 23.5 Å². The molecule has 3 amide bonds. The zero-order valence-electron chi connectivity index (χ0n) is 10.9. The molecule has 5 heteroatoms. The van der Waals surface area contributed by atoms with Crippen LogP contribution in [-0.2, 0) is 4.79 Å². The summed E-state index contributed by atoms with van der Waals surface area (Å²) in [4.78, 5) is 22.4. The SMILES string of the molecule is CC(C)CCCC(C)NC(=O)NC(=O)CCCl. The monoisotopic (exact) mass is 262 g/mol. The molecule has 1 unspecified atom stereocenters. The quantitative estimate of drug-likeness (QED) is 0.693. The average molecular weight is 263 g/mol. The molecule has 0 radical (unpaired) electrons. The molecule has 0 aliphatic carbocycles. The van der Waals surface area contributed by atoms with Crippen LogP contribution in [0.2, 0.25) is 0 Å². The third-order valence-electron chi connectivity index (χ3n) is 2.37. The van der Waals surface area contributed by atoms with Crippen molar-refractivity contribution in [2.45, 2.75) is 52.5 Å². The minimum Gasteiger partial charge on any atom is -0.335 e. The lowest BCUT2D eigenvalue weighted by Gasteiger charge is -2.14. The van der Waals surface area contributed by atoms with Crippen LogP contribution in [0.1, 0.15) is 46.5 Å². The summed E-state index contributed by atoms with van der Waals surface area (Å²) in [5.74, 6) is 0.566. The summed E-state index contributed by atoms with van der Waals surface area (Å²) < 4.78 is 0. The summed E-state index contributed by atoms with van der Waals surface area (Å²) in [7, 11) is 0. The van der Waals surface area contributed by atoms with Gasteiger partial charge in [-0.05, 0) is 19.3 Å². The third kappa shape index (κ3) is 10.1. The molecule has 0 bridgehead atoms. The zero-order chi connectivity index (χ0) is 13.3. The van der Waals surface area contributed by atoms with E-state index in [1.807, 2.05) is 6.92 Å². The van der Waals surface area contributed by atoms with Crippen molar-refractivity contribution in [1.82, 2.24) is 10.6 Å². The highest BCUT2D eigenvalue weighted by Crippen LogP contribution is 2.07. The number of carbonyl (C=O) groups is 2. The van der Waals surface area contributed by atoms with Crippen LogP contribution < -0.4 is 10.6 Å². The molecule has 0 aliphatic heterocycles. The lowest BCUT2D eigenvalue weighted by Crippen LogP contribution is -2.43. The molecule has 0 aliphatic rings. The van der Waals surface area contributed by atoms with E-state index < -0.39 is 6.03 Å². The largest absolute Gasteiger partial charge is 0.335 e. The van der Waals surface area contributed by atoms with Crippen LogP contribution in [-0.4, -0.2) is 23.9 Å². The Morgan fingerprint density at radius 3 is 2.35 bits per heavy atom. The van der Waals surface area contributed by atoms with E-state index in [1.54, 1.807) is 0 Å². The number of carbonyl (C=O) groups excluding carboxylic acids is 2. The van der Waals surface area contributed by atoms with Crippen LogP contribution >= 0.6 is 11.6 Å². The highest BCUT2D eigenvalue weighted by molar-refractivity contribution is 6.19. The fourth-order valence-electron chi connectivity index (χ4n) is 1.44. The normalized spacial score (nSPS) is 12.3. The van der Waals surface area contributed by atoms with E-state index in [4.69, 9.17) is 11.6 Å². The van der Waals surface area contributed by atoms with Gasteiger partial charge in [0, 0.05) is 18.3 Å².